The molecule has 2 rings (SSSR count). The SMILES string of the molecule is CC(C)(C)OC(=O)NCCOCCOCCOCCOCCNC(=O)CCOCCO[C@]1(C(=O)O)C[C@H](O)[C@@H](NC(=O)CO)[C@H]([C@H](O)[C@H](O)CNC(=O)Cc2ccc(Cl)cc2)O1. The number of halogens is 1. The van der Waals surface area contributed by atoms with Crippen LogP contribution in [0.4, 0.5) is 4.79 Å². The topological polar surface area (TPSA) is 308 Å². The average Bonchev–Trinajstić information content (AvgIpc) is 3.21. The van der Waals surface area contributed by atoms with Crippen LogP contribution in [0.25, 0.3) is 0 Å². The summed E-state index contributed by atoms with van der Waals surface area (Å²) < 4.78 is 43.3. The van der Waals surface area contributed by atoms with Crippen molar-refractivity contribution in [1.82, 2.24) is 21.3 Å². The van der Waals surface area contributed by atoms with E-state index in [9.17, 15) is 49.5 Å². The van der Waals surface area contributed by atoms with Crippen molar-refractivity contribution in [2.24, 2.45) is 0 Å². The number of aliphatic hydroxyl groups excluding tert-OH is 4. The predicted octanol–water partition coefficient (Wildman–Crippen LogP) is -1.74. The summed E-state index contributed by atoms with van der Waals surface area (Å²) in [6.07, 6.45) is -8.65. The average molecular weight is 911 g/mol. The van der Waals surface area contributed by atoms with Gasteiger partial charge in [-0.3, -0.25) is 14.4 Å². The molecule has 1 aliphatic rings. The molecule has 1 aromatic carbocycles. The van der Waals surface area contributed by atoms with Crippen molar-refractivity contribution in [3.63, 3.8) is 0 Å². The Morgan fingerprint density at radius 1 is 0.790 bits per heavy atom. The van der Waals surface area contributed by atoms with E-state index < -0.39 is 91.9 Å². The van der Waals surface area contributed by atoms with Crippen LogP contribution in [0.3, 0.4) is 0 Å². The number of amides is 4. The van der Waals surface area contributed by atoms with E-state index in [0.29, 0.717) is 63.4 Å². The number of aliphatic hydroxyl groups is 4. The maximum atomic E-state index is 12.5. The van der Waals surface area contributed by atoms with Crippen LogP contribution < -0.4 is 21.3 Å². The predicted molar refractivity (Wildman–Crippen MR) is 217 cm³/mol. The van der Waals surface area contributed by atoms with E-state index in [2.05, 4.69) is 21.3 Å². The number of ether oxygens (including phenoxy) is 8. The number of carboxylic acid groups (broad SMARTS) is 1. The van der Waals surface area contributed by atoms with Gasteiger partial charge in [-0.2, -0.15) is 0 Å². The standard InChI is InChI=1S/C39H63ClN4O18/c1-38(2,3)62-37(54)42-10-13-57-15-17-59-19-18-58-16-14-56-12-9-41-30(48)8-11-55-20-21-60-39(36(52)53)23-28(46)33(44-32(50)25-45)35(61-39)34(51)29(47)24-43-31(49)22-26-4-6-27(40)7-5-26/h4-7,28-29,33-35,45-47,51H,8-25H2,1-3H3,(H,41,48)(H,42,54)(H,43,49)(H,44,50)(H,52,53)/t28-,29+,33+,34+,35+,39+/m0/s1. The van der Waals surface area contributed by atoms with E-state index in [4.69, 9.17) is 49.5 Å². The highest BCUT2D eigenvalue weighted by Crippen LogP contribution is 2.33. The monoisotopic (exact) mass is 910 g/mol. The molecule has 22 nitrogen and oxygen atoms in total. The number of rotatable bonds is 31. The lowest BCUT2D eigenvalue weighted by atomic mass is 9.88. The highest BCUT2D eigenvalue weighted by molar-refractivity contribution is 6.30. The van der Waals surface area contributed by atoms with Crippen LogP contribution in [-0.4, -0.2) is 196 Å². The molecule has 0 aromatic heterocycles. The first-order chi connectivity index (χ1) is 29.5. The largest absolute Gasteiger partial charge is 0.477 e. The van der Waals surface area contributed by atoms with Gasteiger partial charge in [-0.05, 0) is 38.5 Å². The Labute approximate surface area is 365 Å². The second kappa shape index (κ2) is 29.6. The van der Waals surface area contributed by atoms with E-state index in [-0.39, 0.29) is 45.1 Å². The quantitative estimate of drug-likeness (QED) is 0.0374. The number of hydrogen-bond acceptors (Lipinski definition) is 17. The number of hydrogen-bond donors (Lipinski definition) is 9. The van der Waals surface area contributed by atoms with Gasteiger partial charge < -0.3 is 84.7 Å². The molecule has 354 valence electrons. The smallest absolute Gasteiger partial charge is 0.407 e. The van der Waals surface area contributed by atoms with Gasteiger partial charge in [-0.15, -0.1) is 0 Å². The first-order valence-corrected chi connectivity index (χ1v) is 20.5. The summed E-state index contributed by atoms with van der Waals surface area (Å²) in [4.78, 5) is 60.7. The maximum absolute atomic E-state index is 12.5. The minimum atomic E-state index is -2.58. The number of carbonyl (C=O) groups excluding carboxylic acids is 4. The van der Waals surface area contributed by atoms with Crippen molar-refractivity contribution in [1.29, 1.82) is 0 Å². The van der Waals surface area contributed by atoms with Crippen LogP contribution >= 0.6 is 11.6 Å². The lowest BCUT2D eigenvalue weighted by Gasteiger charge is -2.46. The maximum Gasteiger partial charge on any atom is 0.407 e. The molecule has 23 heteroatoms. The fraction of sp³-hybridized carbons (Fsp3) is 0.718. The molecule has 0 aliphatic carbocycles. The first kappa shape index (κ1) is 54.4. The van der Waals surface area contributed by atoms with Crippen molar-refractivity contribution >= 4 is 41.4 Å². The third-order valence-electron chi connectivity index (χ3n) is 8.52. The Kier molecular flexibility index (Phi) is 25.9. The normalized spacial score (nSPS) is 19.8. The van der Waals surface area contributed by atoms with Gasteiger partial charge in [0, 0.05) is 37.5 Å². The fourth-order valence-electron chi connectivity index (χ4n) is 5.54. The first-order valence-electron chi connectivity index (χ1n) is 20.1. The summed E-state index contributed by atoms with van der Waals surface area (Å²) in [7, 11) is 0. The van der Waals surface area contributed by atoms with Crippen molar-refractivity contribution in [3.8, 4) is 0 Å². The highest BCUT2D eigenvalue weighted by atomic mass is 35.5. The van der Waals surface area contributed by atoms with Crippen molar-refractivity contribution < 1.29 is 87.4 Å². The van der Waals surface area contributed by atoms with Gasteiger partial charge in [0.05, 0.1) is 97.3 Å². The van der Waals surface area contributed by atoms with Crippen molar-refractivity contribution in [3.05, 3.63) is 34.9 Å². The Bertz CT molecular complexity index is 1490. The second-order valence-corrected chi connectivity index (χ2v) is 15.2. The van der Waals surface area contributed by atoms with Crippen LogP contribution in [-0.2, 0) is 63.5 Å². The minimum absolute atomic E-state index is 0.0367. The molecule has 0 unspecified atom stereocenters. The number of benzene rings is 1. The molecule has 6 atom stereocenters. The highest BCUT2D eigenvalue weighted by Gasteiger charge is 2.55. The van der Waals surface area contributed by atoms with Gasteiger partial charge >= 0.3 is 12.1 Å². The molecule has 1 saturated heterocycles. The van der Waals surface area contributed by atoms with Crippen LogP contribution in [0.1, 0.15) is 39.2 Å². The van der Waals surface area contributed by atoms with Crippen molar-refractivity contribution in [2.45, 2.75) is 81.9 Å². The number of carbonyl (C=O) groups is 5. The Balaban J connectivity index is 1.63. The molecule has 0 spiro atoms. The minimum Gasteiger partial charge on any atom is -0.477 e. The molecule has 1 aromatic rings. The van der Waals surface area contributed by atoms with Gasteiger partial charge in [0.15, 0.2) is 0 Å². The second-order valence-electron chi connectivity index (χ2n) is 14.8. The third kappa shape index (κ3) is 22.5. The zero-order chi connectivity index (χ0) is 46.0. The van der Waals surface area contributed by atoms with Crippen LogP contribution in [0.5, 0.6) is 0 Å². The molecule has 0 radical (unpaired) electrons. The van der Waals surface area contributed by atoms with E-state index >= 15 is 0 Å². The van der Waals surface area contributed by atoms with Crippen LogP contribution in [0, 0.1) is 0 Å². The molecule has 9 N–H and O–H groups in total. The van der Waals surface area contributed by atoms with E-state index in [0.717, 1.165) is 0 Å². The molecule has 1 aliphatic heterocycles. The van der Waals surface area contributed by atoms with Gasteiger partial charge in [0.25, 0.3) is 5.79 Å². The zero-order valence-corrected chi connectivity index (χ0v) is 36.1. The van der Waals surface area contributed by atoms with Gasteiger partial charge in [0.1, 0.15) is 24.4 Å². The summed E-state index contributed by atoms with van der Waals surface area (Å²) >= 11 is 5.87. The molecule has 1 fully saturated rings. The van der Waals surface area contributed by atoms with Crippen LogP contribution in [0.2, 0.25) is 5.02 Å². The molecule has 0 bridgehead atoms. The lowest BCUT2D eigenvalue weighted by Crippen LogP contribution is -2.68. The summed E-state index contributed by atoms with van der Waals surface area (Å²) in [5.41, 5.74) is 0.0555. The molecule has 62 heavy (non-hydrogen) atoms. The van der Waals surface area contributed by atoms with Gasteiger partial charge in [0.2, 0.25) is 17.7 Å². The summed E-state index contributed by atoms with van der Waals surface area (Å²) in [6, 6.07) is 4.94. The van der Waals surface area contributed by atoms with Crippen molar-refractivity contribution in [2.75, 3.05) is 98.9 Å². The Morgan fingerprint density at radius 2 is 1.34 bits per heavy atom. The molecule has 1 heterocycles. The Morgan fingerprint density at radius 3 is 1.90 bits per heavy atom. The molecule has 0 saturated carbocycles. The van der Waals surface area contributed by atoms with E-state index in [1.165, 1.54) is 0 Å². The zero-order valence-electron chi connectivity index (χ0n) is 35.3. The summed E-state index contributed by atoms with van der Waals surface area (Å²) in [5.74, 6) is -6.12. The molecular weight excluding hydrogens is 848 g/mol. The molecular formula is C39H63ClN4O18. The number of nitrogens with one attached hydrogen (secondary N) is 4. The van der Waals surface area contributed by atoms with Gasteiger partial charge in [-0.25, -0.2) is 9.59 Å². The number of alkyl carbamates (subject to hydrolysis) is 1. The number of carboxylic acids is 1. The number of aliphatic carboxylic acids is 1. The van der Waals surface area contributed by atoms with Gasteiger partial charge in [-0.1, -0.05) is 23.7 Å². The van der Waals surface area contributed by atoms with E-state index in [1.54, 1.807) is 45.0 Å². The fourth-order valence-corrected chi connectivity index (χ4v) is 5.67. The molecule has 4 amide bonds. The van der Waals surface area contributed by atoms with Crippen LogP contribution in [0.15, 0.2) is 24.3 Å². The van der Waals surface area contributed by atoms with E-state index in [1.807, 2.05) is 0 Å². The summed E-state index contributed by atoms with van der Waals surface area (Å²) in [5, 5.41) is 62.5. The summed E-state index contributed by atoms with van der Waals surface area (Å²) in [6.45, 7) is 6.31. The lowest BCUT2D eigenvalue weighted by molar-refractivity contribution is -0.312. The Hall–Kier alpha value is -3.78. The third-order valence-corrected chi connectivity index (χ3v) is 8.77.